The van der Waals surface area contributed by atoms with Gasteiger partial charge in [0.2, 0.25) is 10.0 Å². The van der Waals surface area contributed by atoms with Crippen LogP contribution in [-0.2, 0) is 19.6 Å². The van der Waals surface area contributed by atoms with Gasteiger partial charge in [0.1, 0.15) is 5.75 Å². The molecule has 0 bridgehead atoms. The Labute approximate surface area is 177 Å². The molecule has 1 heterocycles. The van der Waals surface area contributed by atoms with Crippen LogP contribution in [0.1, 0.15) is 32.6 Å². The first-order valence-electron chi connectivity index (χ1n) is 10.3. The van der Waals surface area contributed by atoms with Crippen LogP contribution in [0.5, 0.6) is 5.75 Å². The van der Waals surface area contributed by atoms with Crippen molar-refractivity contribution in [3.8, 4) is 5.75 Å². The Balaban J connectivity index is 1.46. The third kappa shape index (κ3) is 5.85. The molecule has 0 spiro atoms. The first-order chi connectivity index (χ1) is 14.4. The normalized spacial score (nSPS) is 17.8. The molecule has 0 radical (unpaired) electrons. The monoisotopic (exact) mass is 439 g/mol. The molecular weight excluding hydrogens is 410 g/mol. The molecule has 9 nitrogen and oxygen atoms in total. The van der Waals surface area contributed by atoms with E-state index in [2.05, 4.69) is 4.72 Å². The molecule has 1 saturated carbocycles. The molecule has 2 amide bonds. The van der Waals surface area contributed by atoms with E-state index in [0.29, 0.717) is 38.5 Å². The number of nitrogens with one attached hydrogen (secondary N) is 1. The van der Waals surface area contributed by atoms with Gasteiger partial charge < -0.3 is 19.3 Å². The number of benzene rings is 1. The summed E-state index contributed by atoms with van der Waals surface area (Å²) in [6.07, 6.45) is 3.48. The number of amides is 2. The molecule has 3 rings (SSSR count). The Morgan fingerprint density at radius 1 is 1.03 bits per heavy atom. The Morgan fingerprint density at radius 2 is 1.63 bits per heavy atom. The van der Waals surface area contributed by atoms with Crippen LogP contribution in [0.25, 0.3) is 0 Å². The highest BCUT2D eigenvalue weighted by atomic mass is 32.2. The minimum atomic E-state index is -3.55. The first-order valence-corrected chi connectivity index (χ1v) is 11.8. The van der Waals surface area contributed by atoms with E-state index >= 15 is 0 Å². The maximum Gasteiger partial charge on any atom is 0.409 e. The highest BCUT2D eigenvalue weighted by molar-refractivity contribution is 7.89. The van der Waals surface area contributed by atoms with Crippen molar-refractivity contribution in [1.82, 2.24) is 14.5 Å². The van der Waals surface area contributed by atoms with Crippen LogP contribution in [0.15, 0.2) is 29.2 Å². The molecule has 1 aromatic carbocycles. The van der Waals surface area contributed by atoms with Gasteiger partial charge in [-0.2, -0.15) is 0 Å². The van der Waals surface area contributed by atoms with Gasteiger partial charge in [-0.25, -0.2) is 17.9 Å². The molecule has 1 aromatic rings. The molecule has 1 saturated heterocycles. The van der Waals surface area contributed by atoms with Crippen molar-refractivity contribution in [2.45, 2.75) is 43.5 Å². The molecule has 1 aliphatic carbocycles. The van der Waals surface area contributed by atoms with Gasteiger partial charge in [0.15, 0.2) is 6.61 Å². The van der Waals surface area contributed by atoms with Gasteiger partial charge in [-0.3, -0.25) is 4.79 Å². The first kappa shape index (κ1) is 22.4. The molecule has 10 heteroatoms. The summed E-state index contributed by atoms with van der Waals surface area (Å²) in [5.74, 6) is 0.242. The minimum Gasteiger partial charge on any atom is -0.484 e. The molecule has 2 aliphatic rings. The second-order valence-corrected chi connectivity index (χ2v) is 9.14. The quantitative estimate of drug-likeness (QED) is 0.692. The fourth-order valence-corrected chi connectivity index (χ4v) is 4.94. The molecule has 1 aliphatic heterocycles. The molecule has 0 aromatic heterocycles. The van der Waals surface area contributed by atoms with Crippen molar-refractivity contribution in [3.05, 3.63) is 24.3 Å². The lowest BCUT2D eigenvalue weighted by Gasteiger charge is -2.33. The minimum absolute atomic E-state index is 0.00726. The van der Waals surface area contributed by atoms with E-state index in [1.165, 1.54) is 12.1 Å². The van der Waals surface area contributed by atoms with Gasteiger partial charge in [-0.05, 0) is 44.0 Å². The average molecular weight is 440 g/mol. The third-order valence-corrected chi connectivity index (χ3v) is 6.87. The molecule has 1 N–H and O–H groups in total. The van der Waals surface area contributed by atoms with Crippen molar-refractivity contribution < 1.29 is 27.5 Å². The maximum absolute atomic E-state index is 12.4. The topological polar surface area (TPSA) is 105 Å². The van der Waals surface area contributed by atoms with Crippen LogP contribution in [0, 0.1) is 0 Å². The largest absolute Gasteiger partial charge is 0.484 e. The zero-order valence-corrected chi connectivity index (χ0v) is 18.0. The number of ether oxygens (including phenoxy) is 2. The summed E-state index contributed by atoms with van der Waals surface area (Å²) in [7, 11) is -3.55. The van der Waals surface area contributed by atoms with Crippen LogP contribution in [0.3, 0.4) is 0 Å². The van der Waals surface area contributed by atoms with Gasteiger partial charge in [-0.15, -0.1) is 0 Å². The summed E-state index contributed by atoms with van der Waals surface area (Å²) in [6.45, 7) is 3.61. The van der Waals surface area contributed by atoms with E-state index in [1.54, 1.807) is 28.9 Å². The fraction of sp³-hybridized carbons (Fsp3) is 0.600. The SMILES string of the molecule is CCOC(=O)N1CCN(C(=O)COc2ccc(S(=O)(=O)NC3CCCC3)cc2)CC1. The van der Waals surface area contributed by atoms with E-state index in [4.69, 9.17) is 9.47 Å². The second kappa shape index (κ2) is 10.1. The number of rotatable bonds is 7. The number of hydrogen-bond donors (Lipinski definition) is 1. The summed E-state index contributed by atoms with van der Waals surface area (Å²) in [5.41, 5.74) is 0. The Morgan fingerprint density at radius 3 is 2.23 bits per heavy atom. The molecule has 0 unspecified atom stereocenters. The number of piperazine rings is 1. The molecule has 166 valence electrons. The smallest absolute Gasteiger partial charge is 0.409 e. The third-order valence-electron chi connectivity index (χ3n) is 5.33. The fourth-order valence-electron chi connectivity index (χ4n) is 3.64. The lowest BCUT2D eigenvalue weighted by atomic mass is 10.3. The molecular formula is C20H29N3O6S. The average Bonchev–Trinajstić information content (AvgIpc) is 3.25. The number of carbonyl (C=O) groups is 2. The summed E-state index contributed by atoms with van der Waals surface area (Å²) in [4.78, 5) is 27.5. The van der Waals surface area contributed by atoms with E-state index in [1.807, 2.05) is 0 Å². The van der Waals surface area contributed by atoms with Crippen LogP contribution in [-0.4, -0.2) is 75.7 Å². The van der Waals surface area contributed by atoms with Crippen LogP contribution < -0.4 is 9.46 Å². The van der Waals surface area contributed by atoms with Gasteiger partial charge in [-0.1, -0.05) is 12.8 Å². The predicted molar refractivity (Wildman–Crippen MR) is 110 cm³/mol. The number of carbonyl (C=O) groups excluding carboxylic acids is 2. The lowest BCUT2D eigenvalue weighted by molar-refractivity contribution is -0.134. The van der Waals surface area contributed by atoms with E-state index < -0.39 is 10.0 Å². The number of nitrogens with zero attached hydrogens (tertiary/aromatic N) is 2. The van der Waals surface area contributed by atoms with Gasteiger partial charge >= 0.3 is 6.09 Å². The Bertz CT molecular complexity index is 829. The Hall–Kier alpha value is -2.33. The second-order valence-electron chi connectivity index (χ2n) is 7.43. The zero-order chi connectivity index (χ0) is 21.6. The van der Waals surface area contributed by atoms with Crippen LogP contribution in [0.2, 0.25) is 0 Å². The van der Waals surface area contributed by atoms with Crippen molar-refractivity contribution in [1.29, 1.82) is 0 Å². The molecule has 2 fully saturated rings. The van der Waals surface area contributed by atoms with E-state index in [-0.39, 0.29) is 29.5 Å². The number of sulfonamides is 1. The van der Waals surface area contributed by atoms with Gasteiger partial charge in [0, 0.05) is 32.2 Å². The summed E-state index contributed by atoms with van der Waals surface area (Å²) >= 11 is 0. The zero-order valence-electron chi connectivity index (χ0n) is 17.2. The van der Waals surface area contributed by atoms with Crippen molar-refractivity contribution in [3.63, 3.8) is 0 Å². The summed E-state index contributed by atoms with van der Waals surface area (Å²) in [5, 5.41) is 0. The van der Waals surface area contributed by atoms with Crippen LogP contribution in [0.4, 0.5) is 4.79 Å². The van der Waals surface area contributed by atoms with E-state index in [9.17, 15) is 18.0 Å². The molecule has 30 heavy (non-hydrogen) atoms. The van der Waals surface area contributed by atoms with Crippen molar-refractivity contribution in [2.24, 2.45) is 0 Å². The number of hydrogen-bond acceptors (Lipinski definition) is 6. The summed E-state index contributed by atoms with van der Waals surface area (Å²) < 4.78 is 38.1. The predicted octanol–water partition coefficient (Wildman–Crippen LogP) is 1.59. The van der Waals surface area contributed by atoms with Crippen LogP contribution >= 0.6 is 0 Å². The highest BCUT2D eigenvalue weighted by Crippen LogP contribution is 2.21. The van der Waals surface area contributed by atoms with Gasteiger partial charge in [0.05, 0.1) is 11.5 Å². The van der Waals surface area contributed by atoms with E-state index in [0.717, 1.165) is 25.7 Å². The standard InChI is InChI=1S/C20H29N3O6S/c1-2-28-20(25)23-13-11-22(12-14-23)19(24)15-29-17-7-9-18(10-8-17)30(26,27)21-16-5-3-4-6-16/h7-10,16,21H,2-6,11-15H2,1H3. The molecule has 0 atom stereocenters. The maximum atomic E-state index is 12.4. The van der Waals surface area contributed by atoms with Crippen molar-refractivity contribution >= 4 is 22.0 Å². The lowest BCUT2D eigenvalue weighted by Crippen LogP contribution is -2.51. The van der Waals surface area contributed by atoms with Crippen molar-refractivity contribution in [2.75, 3.05) is 39.4 Å². The highest BCUT2D eigenvalue weighted by Gasteiger charge is 2.25. The Kier molecular flexibility index (Phi) is 7.54. The summed E-state index contributed by atoms with van der Waals surface area (Å²) in [6, 6.07) is 6.07. The van der Waals surface area contributed by atoms with Gasteiger partial charge in [0.25, 0.3) is 5.91 Å².